The standard InChI is InChI=1S/C26H22ClN3O5S/c1-35-21-12-10-20(11-13-21)29-26-30(15-16-2-6-18(27)7-3-16)23(31)14-22(36-26)24(32)28-19-8-4-17(5-9-19)25(33)34/h2-13,22H,14-15H2,1H3,(H,28,32)(H,33,34). The SMILES string of the molecule is COc1ccc(N=C2SC(C(=O)Nc3ccc(C(=O)O)cc3)CC(=O)N2Cc2ccc(Cl)cc2)cc1. The van der Waals surface area contributed by atoms with E-state index in [1.54, 1.807) is 48.4 Å². The molecule has 3 aromatic carbocycles. The maximum absolute atomic E-state index is 13.2. The zero-order chi connectivity index (χ0) is 25.7. The molecule has 0 radical (unpaired) electrons. The Labute approximate surface area is 216 Å². The normalized spacial score (nSPS) is 16.6. The third-order valence-electron chi connectivity index (χ3n) is 5.38. The summed E-state index contributed by atoms with van der Waals surface area (Å²) in [6.07, 6.45) is -0.0149. The number of carbonyl (C=O) groups is 3. The molecule has 10 heteroatoms. The monoisotopic (exact) mass is 523 g/mol. The molecule has 8 nitrogen and oxygen atoms in total. The number of nitrogens with zero attached hydrogens (tertiary/aromatic N) is 2. The first-order valence-corrected chi connectivity index (χ1v) is 12.2. The van der Waals surface area contributed by atoms with Crippen molar-refractivity contribution in [3.05, 3.63) is 88.9 Å². The molecule has 0 spiro atoms. The first-order valence-electron chi connectivity index (χ1n) is 10.9. The highest BCUT2D eigenvalue weighted by atomic mass is 35.5. The second-order valence-electron chi connectivity index (χ2n) is 7.88. The van der Waals surface area contributed by atoms with Gasteiger partial charge in [0.25, 0.3) is 0 Å². The lowest BCUT2D eigenvalue weighted by atomic mass is 10.2. The van der Waals surface area contributed by atoms with Gasteiger partial charge in [-0.15, -0.1) is 0 Å². The zero-order valence-corrected chi connectivity index (χ0v) is 20.8. The Bertz CT molecular complexity index is 1290. The molecule has 1 atom stereocenters. The summed E-state index contributed by atoms with van der Waals surface area (Å²) in [5.41, 5.74) is 2.03. The van der Waals surface area contributed by atoms with Crippen molar-refractivity contribution in [2.75, 3.05) is 12.4 Å². The van der Waals surface area contributed by atoms with Crippen molar-refractivity contribution < 1.29 is 24.2 Å². The lowest BCUT2D eigenvalue weighted by Crippen LogP contribution is -2.44. The van der Waals surface area contributed by atoms with Crippen molar-refractivity contribution in [3.8, 4) is 5.75 Å². The summed E-state index contributed by atoms with van der Waals surface area (Å²) in [6.45, 7) is 0.281. The molecule has 0 bridgehead atoms. The molecule has 3 aromatic rings. The van der Waals surface area contributed by atoms with E-state index in [2.05, 4.69) is 10.3 Å². The van der Waals surface area contributed by atoms with Crippen LogP contribution in [0.25, 0.3) is 0 Å². The number of hydrogen-bond donors (Lipinski definition) is 2. The van der Waals surface area contributed by atoms with E-state index in [0.29, 0.717) is 27.3 Å². The van der Waals surface area contributed by atoms with Crippen LogP contribution >= 0.6 is 23.4 Å². The van der Waals surface area contributed by atoms with Crippen molar-refractivity contribution in [1.82, 2.24) is 4.90 Å². The number of rotatable bonds is 7. The van der Waals surface area contributed by atoms with E-state index < -0.39 is 11.2 Å². The van der Waals surface area contributed by atoms with Gasteiger partial charge in [0.1, 0.15) is 11.0 Å². The van der Waals surface area contributed by atoms with E-state index >= 15 is 0 Å². The Morgan fingerprint density at radius 2 is 1.75 bits per heavy atom. The minimum Gasteiger partial charge on any atom is -0.497 e. The number of halogens is 1. The maximum atomic E-state index is 13.2. The van der Waals surface area contributed by atoms with E-state index in [1.165, 1.54) is 36.0 Å². The van der Waals surface area contributed by atoms with Gasteiger partial charge >= 0.3 is 5.97 Å². The molecule has 2 N–H and O–H groups in total. The minimum atomic E-state index is -1.05. The highest BCUT2D eigenvalue weighted by Crippen LogP contribution is 2.31. The molecular formula is C26H22ClN3O5S. The van der Waals surface area contributed by atoms with Crippen LogP contribution in [0.3, 0.4) is 0 Å². The average Bonchev–Trinajstić information content (AvgIpc) is 2.87. The van der Waals surface area contributed by atoms with E-state index in [9.17, 15) is 14.4 Å². The third kappa shape index (κ3) is 6.24. The van der Waals surface area contributed by atoms with Crippen LogP contribution in [-0.4, -0.2) is 45.3 Å². The lowest BCUT2D eigenvalue weighted by molar-refractivity contribution is -0.129. The minimum absolute atomic E-state index is 0.0149. The molecule has 1 aliphatic rings. The molecule has 1 fully saturated rings. The maximum Gasteiger partial charge on any atom is 0.335 e. The quantitative estimate of drug-likeness (QED) is 0.440. The van der Waals surface area contributed by atoms with Crippen molar-refractivity contribution >= 4 is 57.7 Å². The van der Waals surface area contributed by atoms with Crippen LogP contribution in [0.1, 0.15) is 22.3 Å². The van der Waals surface area contributed by atoms with Gasteiger partial charge in [0.2, 0.25) is 11.8 Å². The molecule has 4 rings (SSSR count). The van der Waals surface area contributed by atoms with Gasteiger partial charge in [0.15, 0.2) is 5.17 Å². The average molecular weight is 524 g/mol. The van der Waals surface area contributed by atoms with Gasteiger partial charge in [-0.2, -0.15) is 0 Å². The summed E-state index contributed by atoms with van der Waals surface area (Å²) in [5.74, 6) is -0.987. The number of anilines is 1. The second-order valence-corrected chi connectivity index (χ2v) is 9.49. The van der Waals surface area contributed by atoms with Crippen LogP contribution in [0.2, 0.25) is 5.02 Å². The molecule has 1 aliphatic heterocycles. The molecule has 184 valence electrons. The van der Waals surface area contributed by atoms with Crippen LogP contribution in [-0.2, 0) is 16.1 Å². The predicted octanol–water partition coefficient (Wildman–Crippen LogP) is 5.21. The Balaban J connectivity index is 1.57. The predicted molar refractivity (Wildman–Crippen MR) is 140 cm³/mol. The number of amidine groups is 1. The summed E-state index contributed by atoms with van der Waals surface area (Å²) in [4.78, 5) is 43.5. The molecule has 1 unspecified atom stereocenters. The van der Waals surface area contributed by atoms with Crippen LogP contribution in [0.15, 0.2) is 77.8 Å². The van der Waals surface area contributed by atoms with Crippen molar-refractivity contribution in [3.63, 3.8) is 0 Å². The number of benzene rings is 3. The molecule has 36 heavy (non-hydrogen) atoms. The molecule has 2 amide bonds. The largest absolute Gasteiger partial charge is 0.497 e. The number of aromatic carboxylic acids is 1. The fourth-order valence-corrected chi connectivity index (χ4v) is 4.68. The Morgan fingerprint density at radius 3 is 2.36 bits per heavy atom. The van der Waals surface area contributed by atoms with E-state index in [0.717, 1.165) is 5.56 Å². The summed E-state index contributed by atoms with van der Waals surface area (Å²) < 4.78 is 5.20. The number of aliphatic imine (C=N–C) groups is 1. The smallest absolute Gasteiger partial charge is 0.335 e. The molecule has 1 heterocycles. The number of amides is 2. The van der Waals surface area contributed by atoms with E-state index in [1.807, 2.05) is 12.1 Å². The summed E-state index contributed by atoms with van der Waals surface area (Å²) in [5, 5.41) is 12.1. The van der Waals surface area contributed by atoms with Crippen LogP contribution in [0.5, 0.6) is 5.75 Å². The van der Waals surface area contributed by atoms with E-state index in [4.69, 9.17) is 21.4 Å². The molecule has 0 aliphatic carbocycles. The Kier molecular flexibility index (Phi) is 7.92. The topological polar surface area (TPSA) is 108 Å². The number of carboxylic acid groups (broad SMARTS) is 1. The van der Waals surface area contributed by atoms with Crippen LogP contribution < -0.4 is 10.1 Å². The lowest BCUT2D eigenvalue weighted by Gasteiger charge is -2.32. The van der Waals surface area contributed by atoms with Crippen LogP contribution in [0.4, 0.5) is 11.4 Å². The van der Waals surface area contributed by atoms with Gasteiger partial charge in [0, 0.05) is 17.1 Å². The Morgan fingerprint density at radius 1 is 1.08 bits per heavy atom. The fourth-order valence-electron chi connectivity index (χ4n) is 3.46. The van der Waals surface area contributed by atoms with Gasteiger partial charge in [-0.25, -0.2) is 9.79 Å². The third-order valence-corrected chi connectivity index (χ3v) is 6.82. The number of methoxy groups -OCH3 is 1. The van der Waals surface area contributed by atoms with Crippen LogP contribution in [0, 0.1) is 0 Å². The van der Waals surface area contributed by atoms with Crippen molar-refractivity contribution in [2.45, 2.75) is 18.2 Å². The number of carboxylic acids is 1. The van der Waals surface area contributed by atoms with Gasteiger partial charge in [-0.1, -0.05) is 35.5 Å². The summed E-state index contributed by atoms with van der Waals surface area (Å²) >= 11 is 7.19. The van der Waals surface area contributed by atoms with Gasteiger partial charge in [0.05, 0.1) is 24.9 Å². The molecule has 1 saturated heterocycles. The number of hydrogen-bond acceptors (Lipinski definition) is 6. The summed E-state index contributed by atoms with van der Waals surface area (Å²) in [6, 6.07) is 20.1. The van der Waals surface area contributed by atoms with Gasteiger partial charge in [-0.3, -0.25) is 14.5 Å². The molecular weight excluding hydrogens is 502 g/mol. The number of ether oxygens (including phenoxy) is 1. The fraction of sp³-hybridized carbons (Fsp3) is 0.154. The highest BCUT2D eigenvalue weighted by molar-refractivity contribution is 8.15. The number of thioether (sulfide) groups is 1. The second kappa shape index (κ2) is 11.3. The van der Waals surface area contributed by atoms with Gasteiger partial charge < -0.3 is 15.2 Å². The first-order chi connectivity index (χ1) is 17.3. The van der Waals surface area contributed by atoms with Crippen molar-refractivity contribution in [2.24, 2.45) is 4.99 Å². The summed E-state index contributed by atoms with van der Waals surface area (Å²) in [7, 11) is 1.57. The first kappa shape index (κ1) is 25.3. The molecule has 0 saturated carbocycles. The Hall–Kier alpha value is -3.82. The molecule has 0 aromatic heterocycles. The number of nitrogens with one attached hydrogen (secondary N) is 1. The zero-order valence-electron chi connectivity index (χ0n) is 19.2. The van der Waals surface area contributed by atoms with Gasteiger partial charge in [-0.05, 0) is 66.2 Å². The van der Waals surface area contributed by atoms with Crippen molar-refractivity contribution in [1.29, 1.82) is 0 Å². The van der Waals surface area contributed by atoms with E-state index in [-0.39, 0.29) is 30.3 Å². The number of carbonyl (C=O) groups excluding carboxylic acids is 2. The highest BCUT2D eigenvalue weighted by Gasteiger charge is 2.36.